The molecule has 8 heteroatoms. The summed E-state index contributed by atoms with van der Waals surface area (Å²) >= 11 is 0.460. The van der Waals surface area contributed by atoms with Gasteiger partial charge in [0.2, 0.25) is 0 Å². The number of aryl methyl sites for hydroxylation is 1. The first-order valence-electron chi connectivity index (χ1n) is 3.88. The predicted octanol–water partition coefficient (Wildman–Crippen LogP) is 4.45. The quantitative estimate of drug-likeness (QED) is 0.460. The van der Waals surface area contributed by atoms with Gasteiger partial charge in [0.05, 0.1) is 0 Å². The fourth-order valence-electron chi connectivity index (χ4n) is 0.861. The van der Waals surface area contributed by atoms with Gasteiger partial charge in [0, 0.05) is 0 Å². The number of hydrogen-bond acceptors (Lipinski definition) is 1. The van der Waals surface area contributed by atoms with Gasteiger partial charge in [0.25, 0.3) is 0 Å². The van der Waals surface area contributed by atoms with Crippen molar-refractivity contribution in [1.82, 2.24) is 0 Å². The Morgan fingerprint density at radius 1 is 1.27 bits per heavy atom. The van der Waals surface area contributed by atoms with Gasteiger partial charge >= 0.3 is 82.3 Å². The summed E-state index contributed by atoms with van der Waals surface area (Å²) < 4.78 is 0. The Hall–Kier alpha value is 2.04. The summed E-state index contributed by atoms with van der Waals surface area (Å²) in [4.78, 5) is 3.00. The Morgan fingerprint density at radius 2 is 1.87 bits per heavy atom. The number of fused-ring (bicyclic) bond motifs is 1. The van der Waals surface area contributed by atoms with Gasteiger partial charge in [-0.25, -0.2) is 0 Å². The summed E-state index contributed by atoms with van der Waals surface area (Å²) in [6.07, 6.45) is 0. The summed E-state index contributed by atoms with van der Waals surface area (Å²) in [6, 6.07) is 6.72. The number of halogens is 4. The molecule has 0 aliphatic carbocycles. The first-order valence-corrected chi connectivity index (χ1v) is 17.0. The zero-order valence-corrected chi connectivity index (χ0v) is 15.3. The van der Waals surface area contributed by atoms with Gasteiger partial charge in [-0.1, -0.05) is 0 Å². The van der Waals surface area contributed by atoms with E-state index in [1.807, 2.05) is 19.5 Å². The molecule has 0 amide bonds. The number of hydrogen-bond donors (Lipinski definition) is 0. The SMILES string of the molecule is Cc1ccc2c(c1)[S+]=[As]S2.[Cl][Al-]([Cl])([Cl])[Cl]. The minimum Gasteiger partial charge on any atom is -0.391 e. The summed E-state index contributed by atoms with van der Waals surface area (Å²) in [5, 5.41) is 0. The molecule has 0 N–H and O–H groups in total. The van der Waals surface area contributed by atoms with E-state index >= 15 is 0 Å². The third-order valence-electron chi connectivity index (χ3n) is 1.37. The van der Waals surface area contributed by atoms with Gasteiger partial charge in [-0.2, -0.15) is 0 Å². The third-order valence-corrected chi connectivity index (χ3v) is 8.47. The first-order chi connectivity index (χ1) is 6.86. The molecular formula is C7H6AlAsCl4S2. The van der Waals surface area contributed by atoms with Crippen molar-refractivity contribution < 1.29 is 0 Å². The Morgan fingerprint density at radius 3 is 2.47 bits per heavy atom. The van der Waals surface area contributed by atoms with Crippen LogP contribution in [0.15, 0.2) is 28.0 Å². The molecule has 0 nitrogen and oxygen atoms in total. The van der Waals surface area contributed by atoms with Crippen LogP contribution in [0.2, 0.25) is 0 Å². The average Bonchev–Trinajstić information content (AvgIpc) is 2.47. The second-order valence-corrected chi connectivity index (χ2v) is 22.5. The maximum atomic E-state index is 4.99. The van der Waals surface area contributed by atoms with E-state index in [2.05, 4.69) is 25.1 Å². The normalized spacial score (nSPS) is 14.2. The zero-order chi connectivity index (χ0) is 11.5. The topological polar surface area (TPSA) is 0 Å². The minimum atomic E-state index is -2.94. The Labute approximate surface area is 121 Å². The van der Waals surface area contributed by atoms with Crippen molar-refractivity contribution in [1.29, 1.82) is 0 Å². The maximum Gasteiger partial charge on any atom is 0.564 e. The molecule has 1 heterocycles. The largest absolute Gasteiger partial charge is 0.564 e. The van der Waals surface area contributed by atoms with E-state index in [0.717, 1.165) is 0 Å². The molecular weight excluding hydrogens is 392 g/mol. The molecule has 1 aromatic carbocycles. The Kier molecular flexibility index (Phi) is 6.88. The molecule has 82 valence electrons. The summed E-state index contributed by atoms with van der Waals surface area (Å²) in [7, 11) is 21.1. The second kappa shape index (κ2) is 6.84. The van der Waals surface area contributed by atoms with Gasteiger partial charge in [-0.15, -0.1) is 0 Å². The monoisotopic (exact) mass is 396 g/mol. The van der Waals surface area contributed by atoms with E-state index in [0.29, 0.717) is 12.9 Å². The second-order valence-electron chi connectivity index (χ2n) is 2.70. The minimum absolute atomic E-state index is 0.460. The standard InChI is InChI=1S/C7H6AsS2.Al.4ClH/c1-5-2-3-6-7(4-5)10-8-9-6;;;;;/h2-4H,1H3;;4*1H/q+1;+3;;;;/p-4. The molecule has 0 spiro atoms. The molecule has 0 fully saturated rings. The molecule has 0 unspecified atom stereocenters. The van der Waals surface area contributed by atoms with Crippen LogP contribution < -0.4 is 0 Å². The molecule has 0 bridgehead atoms. The van der Waals surface area contributed by atoms with Crippen LogP contribution in [0.3, 0.4) is 0 Å². The predicted molar refractivity (Wildman–Crippen MR) is 77.6 cm³/mol. The van der Waals surface area contributed by atoms with E-state index in [1.54, 1.807) is 0 Å². The Bertz CT molecular complexity index is 374. The molecule has 0 saturated carbocycles. The van der Waals surface area contributed by atoms with Crippen LogP contribution in [0.5, 0.6) is 0 Å². The van der Waals surface area contributed by atoms with Crippen LogP contribution in [0, 0.1) is 6.92 Å². The van der Waals surface area contributed by atoms with Gasteiger partial charge in [0.15, 0.2) is 0 Å². The van der Waals surface area contributed by atoms with Crippen LogP contribution in [0.4, 0.5) is 0 Å². The number of benzene rings is 1. The molecule has 2 rings (SSSR count). The summed E-state index contributed by atoms with van der Waals surface area (Å²) in [6.45, 7) is 2.15. The van der Waals surface area contributed by atoms with E-state index in [1.165, 1.54) is 15.4 Å². The third kappa shape index (κ3) is 7.14. The van der Waals surface area contributed by atoms with Crippen LogP contribution in [-0.4, -0.2) is 22.3 Å². The number of rotatable bonds is 0. The van der Waals surface area contributed by atoms with Crippen molar-refractivity contribution in [3.8, 4) is 0 Å². The van der Waals surface area contributed by atoms with Crippen molar-refractivity contribution in [2.75, 3.05) is 0 Å². The zero-order valence-electron chi connectivity index (χ0n) is 7.58. The molecule has 1 aromatic rings. The van der Waals surface area contributed by atoms with Crippen LogP contribution in [0.1, 0.15) is 5.56 Å². The van der Waals surface area contributed by atoms with Crippen LogP contribution in [-0.2, 0) is 9.53 Å². The van der Waals surface area contributed by atoms with Crippen molar-refractivity contribution in [2.45, 2.75) is 16.7 Å². The summed E-state index contributed by atoms with van der Waals surface area (Å²) in [5.41, 5.74) is 1.38. The maximum absolute atomic E-state index is 4.99. The fraction of sp³-hybridized carbons (Fsp3) is 0.143. The average molecular weight is 398 g/mol. The Balaban J connectivity index is 0.000000195. The van der Waals surface area contributed by atoms with Crippen molar-refractivity contribution >= 4 is 82.1 Å². The van der Waals surface area contributed by atoms with E-state index < -0.39 is 9.39 Å². The molecule has 15 heavy (non-hydrogen) atoms. The van der Waals surface area contributed by atoms with E-state index in [-0.39, 0.29) is 0 Å². The molecule has 0 saturated heterocycles. The molecule has 1 aliphatic rings. The van der Waals surface area contributed by atoms with E-state index in [9.17, 15) is 0 Å². The molecule has 1 aliphatic heterocycles. The van der Waals surface area contributed by atoms with Crippen molar-refractivity contribution in [3.63, 3.8) is 0 Å². The van der Waals surface area contributed by atoms with Gasteiger partial charge in [-0.05, 0) is 0 Å². The fourth-order valence-corrected chi connectivity index (χ4v) is 9.07. The molecule has 0 radical (unpaired) electrons. The van der Waals surface area contributed by atoms with Crippen molar-refractivity contribution in [2.24, 2.45) is 0 Å². The first kappa shape index (κ1) is 15.1. The smallest absolute Gasteiger partial charge is 0.391 e. The van der Waals surface area contributed by atoms with Crippen LogP contribution >= 0.6 is 50.2 Å². The van der Waals surface area contributed by atoms with Crippen molar-refractivity contribution in [3.05, 3.63) is 23.8 Å². The van der Waals surface area contributed by atoms with Gasteiger partial charge < -0.3 is 40.2 Å². The van der Waals surface area contributed by atoms with Gasteiger partial charge in [0.1, 0.15) is 0 Å². The summed E-state index contributed by atoms with van der Waals surface area (Å²) in [5.74, 6) is 0. The van der Waals surface area contributed by atoms with Gasteiger partial charge in [-0.3, -0.25) is 0 Å². The van der Waals surface area contributed by atoms with E-state index in [4.69, 9.17) is 40.2 Å². The molecule has 0 atom stereocenters. The molecule has 0 aromatic heterocycles. The van der Waals surface area contributed by atoms with Crippen LogP contribution in [0.25, 0.3) is 0 Å².